The van der Waals surface area contributed by atoms with Gasteiger partial charge in [0.05, 0.1) is 12.7 Å². The van der Waals surface area contributed by atoms with Crippen molar-refractivity contribution in [3.8, 4) is 5.75 Å². The largest absolute Gasteiger partial charge is 0.497 e. The van der Waals surface area contributed by atoms with Crippen LogP contribution < -0.4 is 4.74 Å². The molecule has 0 bridgehead atoms. The molecule has 2 aromatic carbocycles. The summed E-state index contributed by atoms with van der Waals surface area (Å²) in [5, 5.41) is 0. The van der Waals surface area contributed by atoms with Crippen LogP contribution in [0.25, 0.3) is 0 Å². The number of methoxy groups -OCH3 is 1. The number of rotatable bonds is 4. The van der Waals surface area contributed by atoms with Gasteiger partial charge in [-0.15, -0.1) is 0 Å². The monoisotopic (exact) mass is 322 g/mol. The van der Waals surface area contributed by atoms with Gasteiger partial charge in [0.2, 0.25) is 0 Å². The second-order valence-corrected chi connectivity index (χ2v) is 4.99. The number of benzene rings is 2. The molecule has 0 N–H and O–H groups in total. The average Bonchev–Trinajstić information content (AvgIpc) is 2.38. The van der Waals surface area contributed by atoms with Crippen LogP contribution in [0.4, 0.5) is 4.39 Å². The van der Waals surface area contributed by atoms with Gasteiger partial charge >= 0.3 is 0 Å². The summed E-state index contributed by atoms with van der Waals surface area (Å²) in [6.45, 7) is 0. The lowest BCUT2D eigenvalue weighted by molar-refractivity contribution is 0.0989. The summed E-state index contributed by atoms with van der Waals surface area (Å²) in [7, 11) is 1.56. The molecule has 0 saturated heterocycles. The third-order valence-corrected chi connectivity index (χ3v) is 3.22. The molecule has 0 amide bonds. The first-order chi connectivity index (χ1) is 9.10. The van der Waals surface area contributed by atoms with Crippen LogP contribution in [0.5, 0.6) is 5.75 Å². The van der Waals surface area contributed by atoms with E-state index >= 15 is 0 Å². The number of Topliss-reactive ketones (excluding diaryl/α,β-unsaturated/α-hetero) is 1. The summed E-state index contributed by atoms with van der Waals surface area (Å²) in [5.41, 5.74) is 0.901. The molecule has 0 atom stereocenters. The Labute approximate surface area is 119 Å². The molecule has 0 aliphatic rings. The number of carbonyl (C=O) groups excluding carboxylic acids is 1. The number of halogens is 2. The van der Waals surface area contributed by atoms with Crippen LogP contribution in [-0.4, -0.2) is 12.9 Å². The summed E-state index contributed by atoms with van der Waals surface area (Å²) in [6, 6.07) is 11.6. The molecule has 4 heteroatoms. The van der Waals surface area contributed by atoms with E-state index < -0.39 is 5.82 Å². The minimum absolute atomic E-state index is 0.103. The van der Waals surface area contributed by atoms with E-state index in [1.807, 2.05) is 6.07 Å². The molecule has 0 radical (unpaired) electrons. The van der Waals surface area contributed by atoms with Crippen LogP contribution in [0.3, 0.4) is 0 Å². The van der Waals surface area contributed by atoms with Crippen molar-refractivity contribution < 1.29 is 13.9 Å². The maximum absolute atomic E-state index is 13.7. The summed E-state index contributed by atoms with van der Waals surface area (Å²) < 4.78 is 19.4. The van der Waals surface area contributed by atoms with Gasteiger partial charge in [0, 0.05) is 10.9 Å². The highest BCUT2D eigenvalue weighted by molar-refractivity contribution is 9.10. The molecule has 0 heterocycles. The first kappa shape index (κ1) is 13.7. The summed E-state index contributed by atoms with van der Waals surface area (Å²) >= 11 is 3.16. The zero-order valence-electron chi connectivity index (χ0n) is 10.3. The van der Waals surface area contributed by atoms with Crippen LogP contribution >= 0.6 is 15.9 Å². The molecule has 19 heavy (non-hydrogen) atoms. The Bertz CT molecular complexity index is 611. The third kappa shape index (κ3) is 3.41. The van der Waals surface area contributed by atoms with Crippen molar-refractivity contribution in [2.24, 2.45) is 0 Å². The zero-order chi connectivity index (χ0) is 13.8. The normalized spacial score (nSPS) is 10.3. The molecule has 0 unspecified atom stereocenters. The van der Waals surface area contributed by atoms with Crippen molar-refractivity contribution in [1.29, 1.82) is 0 Å². The van der Waals surface area contributed by atoms with Crippen LogP contribution in [-0.2, 0) is 6.42 Å². The second-order valence-electron chi connectivity index (χ2n) is 4.08. The van der Waals surface area contributed by atoms with Gasteiger partial charge in [0.25, 0.3) is 0 Å². The lowest BCUT2D eigenvalue weighted by Crippen LogP contribution is -2.06. The Morgan fingerprint density at radius 3 is 2.74 bits per heavy atom. The standard InChI is InChI=1S/C15H12BrFO2/c1-19-12-4-2-3-10(7-12)8-15(18)13-6-5-11(16)9-14(13)17/h2-7,9H,8H2,1H3. The van der Waals surface area contributed by atoms with Crippen molar-refractivity contribution >= 4 is 21.7 Å². The molecular weight excluding hydrogens is 311 g/mol. The third-order valence-electron chi connectivity index (χ3n) is 2.73. The molecule has 0 spiro atoms. The van der Waals surface area contributed by atoms with E-state index in [1.54, 1.807) is 31.4 Å². The minimum Gasteiger partial charge on any atom is -0.497 e. The molecule has 0 saturated carbocycles. The van der Waals surface area contributed by atoms with Gasteiger partial charge in [-0.2, -0.15) is 0 Å². The number of carbonyl (C=O) groups is 1. The number of hydrogen-bond acceptors (Lipinski definition) is 2. The van der Waals surface area contributed by atoms with Gasteiger partial charge in [-0.1, -0.05) is 28.1 Å². The second kappa shape index (κ2) is 5.97. The Balaban J connectivity index is 2.20. The van der Waals surface area contributed by atoms with E-state index in [2.05, 4.69) is 15.9 Å². The smallest absolute Gasteiger partial charge is 0.170 e. The molecule has 0 aliphatic carbocycles. The summed E-state index contributed by atoms with van der Waals surface area (Å²) in [6.07, 6.45) is 0.149. The fourth-order valence-corrected chi connectivity index (χ4v) is 2.11. The Hall–Kier alpha value is -1.68. The number of ether oxygens (including phenoxy) is 1. The molecule has 2 rings (SSSR count). The van der Waals surface area contributed by atoms with E-state index in [0.29, 0.717) is 10.2 Å². The van der Waals surface area contributed by atoms with Crippen molar-refractivity contribution in [3.05, 3.63) is 63.9 Å². The highest BCUT2D eigenvalue weighted by atomic mass is 79.9. The van der Waals surface area contributed by atoms with Gasteiger partial charge in [0.1, 0.15) is 11.6 Å². The maximum Gasteiger partial charge on any atom is 0.170 e. The fraction of sp³-hybridized carbons (Fsp3) is 0.133. The van der Waals surface area contributed by atoms with Crippen molar-refractivity contribution in [2.45, 2.75) is 6.42 Å². The highest BCUT2D eigenvalue weighted by Gasteiger charge is 2.12. The maximum atomic E-state index is 13.7. The highest BCUT2D eigenvalue weighted by Crippen LogP contribution is 2.19. The first-order valence-corrected chi connectivity index (χ1v) is 6.50. The first-order valence-electron chi connectivity index (χ1n) is 5.71. The number of ketones is 1. The van der Waals surface area contributed by atoms with Gasteiger partial charge in [-0.25, -0.2) is 4.39 Å². The van der Waals surface area contributed by atoms with E-state index in [9.17, 15) is 9.18 Å². The molecule has 0 fully saturated rings. The molecule has 2 nitrogen and oxygen atoms in total. The van der Waals surface area contributed by atoms with Crippen LogP contribution in [0.2, 0.25) is 0 Å². The Morgan fingerprint density at radius 1 is 1.26 bits per heavy atom. The van der Waals surface area contributed by atoms with E-state index in [0.717, 1.165) is 5.56 Å². The van der Waals surface area contributed by atoms with Crippen molar-refractivity contribution in [1.82, 2.24) is 0 Å². The molecule has 0 aliphatic heterocycles. The van der Waals surface area contributed by atoms with E-state index in [-0.39, 0.29) is 17.8 Å². The van der Waals surface area contributed by atoms with Crippen LogP contribution in [0, 0.1) is 5.82 Å². The van der Waals surface area contributed by atoms with Crippen LogP contribution in [0.1, 0.15) is 15.9 Å². The van der Waals surface area contributed by atoms with Gasteiger partial charge in [-0.3, -0.25) is 4.79 Å². The summed E-state index contributed by atoms with van der Waals surface area (Å²) in [4.78, 5) is 12.0. The fourth-order valence-electron chi connectivity index (χ4n) is 1.78. The Kier molecular flexibility index (Phi) is 4.32. The predicted molar refractivity (Wildman–Crippen MR) is 75.1 cm³/mol. The zero-order valence-corrected chi connectivity index (χ0v) is 11.9. The molecule has 2 aromatic rings. The van der Waals surface area contributed by atoms with Crippen molar-refractivity contribution in [3.63, 3.8) is 0 Å². The minimum atomic E-state index is -0.512. The van der Waals surface area contributed by atoms with Gasteiger partial charge < -0.3 is 4.74 Å². The molecular formula is C15H12BrFO2. The van der Waals surface area contributed by atoms with E-state index in [4.69, 9.17) is 4.74 Å². The van der Waals surface area contributed by atoms with Gasteiger partial charge in [-0.05, 0) is 35.9 Å². The van der Waals surface area contributed by atoms with E-state index in [1.165, 1.54) is 12.1 Å². The SMILES string of the molecule is COc1cccc(CC(=O)c2ccc(Br)cc2F)c1. The molecule has 0 aromatic heterocycles. The van der Waals surface area contributed by atoms with Gasteiger partial charge in [0.15, 0.2) is 5.78 Å². The lowest BCUT2D eigenvalue weighted by Gasteiger charge is -2.05. The quantitative estimate of drug-likeness (QED) is 0.795. The van der Waals surface area contributed by atoms with Crippen molar-refractivity contribution in [2.75, 3.05) is 7.11 Å². The topological polar surface area (TPSA) is 26.3 Å². The van der Waals surface area contributed by atoms with Crippen LogP contribution in [0.15, 0.2) is 46.9 Å². The average molecular weight is 323 g/mol. The lowest BCUT2D eigenvalue weighted by atomic mass is 10.0. The molecule has 98 valence electrons. The predicted octanol–water partition coefficient (Wildman–Crippen LogP) is 4.02. The summed E-state index contributed by atoms with van der Waals surface area (Å²) in [5.74, 6) is -0.0814. The number of hydrogen-bond donors (Lipinski definition) is 0. The Morgan fingerprint density at radius 2 is 2.05 bits per heavy atom.